The SMILES string of the molecule is CC=CC(O)c1c(C(=O)O)ccc([N+](=O)[O-])c1C. The number of nitro groups is 1. The molecular formula is C12H13NO5. The van der Waals surface area contributed by atoms with Crippen molar-refractivity contribution >= 4 is 11.7 Å². The molecule has 0 saturated carbocycles. The molecule has 1 atom stereocenters. The van der Waals surface area contributed by atoms with Crippen LogP contribution < -0.4 is 0 Å². The molecule has 0 fully saturated rings. The number of aromatic carboxylic acids is 1. The summed E-state index contributed by atoms with van der Waals surface area (Å²) in [7, 11) is 0. The molecule has 0 saturated heterocycles. The van der Waals surface area contributed by atoms with E-state index in [1.807, 2.05) is 0 Å². The van der Waals surface area contributed by atoms with E-state index in [0.29, 0.717) is 0 Å². The Morgan fingerprint density at radius 3 is 2.56 bits per heavy atom. The third-order valence-electron chi connectivity index (χ3n) is 2.58. The molecule has 0 amide bonds. The van der Waals surface area contributed by atoms with Crippen molar-refractivity contribution in [3.63, 3.8) is 0 Å². The Balaban J connectivity index is 3.55. The molecule has 18 heavy (non-hydrogen) atoms. The highest BCUT2D eigenvalue weighted by Gasteiger charge is 2.23. The highest BCUT2D eigenvalue weighted by molar-refractivity contribution is 5.90. The van der Waals surface area contributed by atoms with Gasteiger partial charge in [0.05, 0.1) is 16.6 Å². The predicted molar refractivity (Wildman–Crippen MR) is 64.6 cm³/mol. The number of benzene rings is 1. The molecule has 2 N–H and O–H groups in total. The van der Waals surface area contributed by atoms with E-state index in [9.17, 15) is 20.0 Å². The van der Waals surface area contributed by atoms with Gasteiger partial charge in [-0.2, -0.15) is 0 Å². The minimum absolute atomic E-state index is 0.0507. The van der Waals surface area contributed by atoms with Crippen LogP contribution in [0.15, 0.2) is 24.3 Å². The van der Waals surface area contributed by atoms with Crippen molar-refractivity contribution in [1.29, 1.82) is 0 Å². The number of nitro benzene ring substituents is 1. The number of allylic oxidation sites excluding steroid dienone is 1. The van der Waals surface area contributed by atoms with Gasteiger partial charge in [0.2, 0.25) is 0 Å². The standard InChI is InChI=1S/C12H13NO5/c1-3-4-10(14)11-7(2)9(13(17)18)6-5-8(11)12(15)16/h3-6,10,14H,1-2H3,(H,15,16). The Morgan fingerprint density at radius 1 is 1.50 bits per heavy atom. The molecule has 1 unspecified atom stereocenters. The number of carbonyl (C=O) groups is 1. The van der Waals surface area contributed by atoms with Crippen LogP contribution in [-0.2, 0) is 0 Å². The van der Waals surface area contributed by atoms with Crippen molar-refractivity contribution in [1.82, 2.24) is 0 Å². The summed E-state index contributed by atoms with van der Waals surface area (Å²) in [6.07, 6.45) is 1.74. The molecule has 0 aromatic heterocycles. The average Bonchev–Trinajstić information content (AvgIpc) is 2.27. The second-order valence-electron chi connectivity index (χ2n) is 3.70. The van der Waals surface area contributed by atoms with Crippen LogP contribution in [0.3, 0.4) is 0 Å². The molecule has 0 heterocycles. The van der Waals surface area contributed by atoms with Gasteiger partial charge >= 0.3 is 5.97 Å². The summed E-state index contributed by atoms with van der Waals surface area (Å²) >= 11 is 0. The fourth-order valence-corrected chi connectivity index (χ4v) is 1.76. The number of rotatable bonds is 4. The number of carboxylic acid groups (broad SMARTS) is 1. The van der Waals surface area contributed by atoms with Gasteiger partial charge in [-0.25, -0.2) is 4.79 Å². The minimum Gasteiger partial charge on any atom is -0.478 e. The maximum Gasteiger partial charge on any atom is 0.336 e. The molecule has 1 aromatic carbocycles. The highest BCUT2D eigenvalue weighted by Crippen LogP contribution is 2.30. The first-order valence-corrected chi connectivity index (χ1v) is 5.22. The Bertz CT molecular complexity index is 521. The number of hydrogen-bond acceptors (Lipinski definition) is 4. The number of hydrogen-bond donors (Lipinski definition) is 2. The summed E-state index contributed by atoms with van der Waals surface area (Å²) in [6.45, 7) is 3.09. The van der Waals surface area contributed by atoms with Crippen LogP contribution in [0.2, 0.25) is 0 Å². The molecule has 0 aliphatic heterocycles. The zero-order valence-electron chi connectivity index (χ0n) is 9.95. The molecule has 1 aromatic rings. The summed E-state index contributed by atoms with van der Waals surface area (Å²) in [5, 5.41) is 29.7. The van der Waals surface area contributed by atoms with Crippen LogP contribution >= 0.6 is 0 Å². The first-order chi connectivity index (χ1) is 8.40. The van der Waals surface area contributed by atoms with E-state index < -0.39 is 17.0 Å². The monoisotopic (exact) mass is 251 g/mol. The first kappa shape index (κ1) is 13.9. The second-order valence-corrected chi connectivity index (χ2v) is 3.70. The van der Waals surface area contributed by atoms with Crippen molar-refractivity contribution in [2.75, 3.05) is 0 Å². The third-order valence-corrected chi connectivity index (χ3v) is 2.58. The smallest absolute Gasteiger partial charge is 0.336 e. The first-order valence-electron chi connectivity index (χ1n) is 5.22. The molecule has 0 bridgehead atoms. The van der Waals surface area contributed by atoms with Gasteiger partial charge in [0.15, 0.2) is 0 Å². The fraction of sp³-hybridized carbons (Fsp3) is 0.250. The van der Waals surface area contributed by atoms with Crippen LogP contribution in [0.4, 0.5) is 5.69 Å². The van der Waals surface area contributed by atoms with Gasteiger partial charge in [-0.05, 0) is 19.9 Å². The summed E-state index contributed by atoms with van der Waals surface area (Å²) in [6, 6.07) is 2.26. The van der Waals surface area contributed by atoms with Crippen LogP contribution in [0, 0.1) is 17.0 Å². The lowest BCUT2D eigenvalue weighted by molar-refractivity contribution is -0.385. The summed E-state index contributed by atoms with van der Waals surface area (Å²) in [5.74, 6) is -1.23. The largest absolute Gasteiger partial charge is 0.478 e. The van der Waals surface area contributed by atoms with Gasteiger partial charge in [-0.1, -0.05) is 12.2 Å². The molecule has 96 valence electrons. The lowest BCUT2D eigenvalue weighted by Crippen LogP contribution is -2.09. The molecule has 0 aliphatic carbocycles. The molecular weight excluding hydrogens is 238 g/mol. The van der Waals surface area contributed by atoms with Crippen molar-refractivity contribution in [3.8, 4) is 0 Å². The summed E-state index contributed by atoms with van der Waals surface area (Å²) in [4.78, 5) is 21.2. The number of aliphatic hydroxyl groups is 1. The lowest BCUT2D eigenvalue weighted by Gasteiger charge is -2.13. The van der Waals surface area contributed by atoms with Crippen LogP contribution in [0.1, 0.15) is 34.5 Å². The van der Waals surface area contributed by atoms with Gasteiger partial charge in [-0.15, -0.1) is 0 Å². The quantitative estimate of drug-likeness (QED) is 0.485. The zero-order valence-corrected chi connectivity index (χ0v) is 9.95. The van der Waals surface area contributed by atoms with E-state index in [2.05, 4.69) is 0 Å². The minimum atomic E-state index is -1.23. The fourth-order valence-electron chi connectivity index (χ4n) is 1.76. The van der Waals surface area contributed by atoms with E-state index in [0.717, 1.165) is 12.1 Å². The molecule has 0 aliphatic rings. The number of aliphatic hydroxyl groups excluding tert-OH is 1. The zero-order chi connectivity index (χ0) is 13.9. The maximum absolute atomic E-state index is 11.1. The van der Waals surface area contributed by atoms with Crippen LogP contribution in [-0.4, -0.2) is 21.1 Å². The van der Waals surface area contributed by atoms with E-state index in [1.54, 1.807) is 13.0 Å². The van der Waals surface area contributed by atoms with Gasteiger partial charge < -0.3 is 10.2 Å². The average molecular weight is 251 g/mol. The van der Waals surface area contributed by atoms with Gasteiger partial charge in [0.25, 0.3) is 5.69 Å². The van der Waals surface area contributed by atoms with Crippen molar-refractivity contribution < 1.29 is 19.9 Å². The number of nitrogens with zero attached hydrogens (tertiary/aromatic N) is 1. The van der Waals surface area contributed by atoms with Crippen LogP contribution in [0.25, 0.3) is 0 Å². The van der Waals surface area contributed by atoms with E-state index in [1.165, 1.54) is 13.0 Å². The van der Waals surface area contributed by atoms with E-state index in [-0.39, 0.29) is 22.4 Å². The molecule has 0 spiro atoms. The van der Waals surface area contributed by atoms with E-state index in [4.69, 9.17) is 5.11 Å². The Morgan fingerprint density at radius 2 is 2.11 bits per heavy atom. The Hall–Kier alpha value is -2.21. The molecule has 6 nitrogen and oxygen atoms in total. The maximum atomic E-state index is 11.1. The normalized spacial score (nSPS) is 12.6. The van der Waals surface area contributed by atoms with Gasteiger partial charge in [-0.3, -0.25) is 10.1 Å². The van der Waals surface area contributed by atoms with Crippen molar-refractivity contribution in [2.24, 2.45) is 0 Å². The third kappa shape index (κ3) is 2.54. The predicted octanol–water partition coefficient (Wildman–Crippen LogP) is 2.21. The molecule has 1 rings (SSSR count). The van der Waals surface area contributed by atoms with Crippen LogP contribution in [0.5, 0.6) is 0 Å². The second kappa shape index (κ2) is 5.42. The topological polar surface area (TPSA) is 101 Å². The summed E-state index contributed by atoms with van der Waals surface area (Å²) in [5.41, 5.74) is -0.137. The molecule has 6 heteroatoms. The van der Waals surface area contributed by atoms with Crippen molar-refractivity contribution in [2.45, 2.75) is 20.0 Å². The Labute approximate surface area is 103 Å². The molecule has 0 radical (unpaired) electrons. The Kier molecular flexibility index (Phi) is 4.17. The van der Waals surface area contributed by atoms with Crippen molar-refractivity contribution in [3.05, 3.63) is 51.1 Å². The van der Waals surface area contributed by atoms with Gasteiger partial charge in [0, 0.05) is 17.2 Å². The highest BCUT2D eigenvalue weighted by atomic mass is 16.6. The van der Waals surface area contributed by atoms with E-state index >= 15 is 0 Å². The summed E-state index contributed by atoms with van der Waals surface area (Å²) < 4.78 is 0. The van der Waals surface area contributed by atoms with Gasteiger partial charge in [0.1, 0.15) is 0 Å². The number of carboxylic acids is 1. The lowest BCUT2D eigenvalue weighted by atomic mass is 9.95.